The Morgan fingerprint density at radius 1 is 1.00 bits per heavy atom. The monoisotopic (exact) mass is 335 g/mol. The number of carbonyl (C=O) groups excluding carboxylic acids is 1. The molecule has 0 aliphatic carbocycles. The number of rotatable bonds is 6. The summed E-state index contributed by atoms with van der Waals surface area (Å²) in [5.41, 5.74) is 1.91. The first-order valence-corrected chi connectivity index (χ1v) is 7.78. The van der Waals surface area contributed by atoms with Crippen molar-refractivity contribution in [2.75, 3.05) is 11.9 Å². The van der Waals surface area contributed by atoms with E-state index in [0.717, 1.165) is 5.69 Å². The summed E-state index contributed by atoms with van der Waals surface area (Å²) in [4.78, 5) is 24.7. The molecule has 3 N–H and O–H groups in total. The molecule has 0 aliphatic heterocycles. The highest BCUT2D eigenvalue weighted by atomic mass is 16.3. The third-order valence-corrected chi connectivity index (χ3v) is 3.40. The first-order chi connectivity index (χ1) is 12.2. The van der Waals surface area contributed by atoms with Crippen LogP contribution in [0.15, 0.2) is 60.9 Å². The van der Waals surface area contributed by atoms with Gasteiger partial charge in [-0.3, -0.25) is 9.78 Å². The molecule has 126 valence electrons. The number of phenolic OH excluding ortho intramolecular Hbond substituents is 1. The molecule has 7 nitrogen and oxygen atoms in total. The molecule has 0 aliphatic rings. The van der Waals surface area contributed by atoms with Gasteiger partial charge in [0.1, 0.15) is 11.4 Å². The Hall–Kier alpha value is -3.48. The number of hydrogen-bond donors (Lipinski definition) is 3. The Morgan fingerprint density at radius 2 is 1.84 bits per heavy atom. The van der Waals surface area contributed by atoms with E-state index < -0.39 is 0 Å². The quantitative estimate of drug-likeness (QED) is 0.598. The van der Waals surface area contributed by atoms with E-state index in [-0.39, 0.29) is 17.4 Å². The summed E-state index contributed by atoms with van der Waals surface area (Å²) >= 11 is 0. The molecule has 3 rings (SSSR count). The van der Waals surface area contributed by atoms with E-state index in [9.17, 15) is 9.90 Å². The molecule has 0 saturated heterocycles. The third-order valence-electron chi connectivity index (χ3n) is 3.40. The lowest BCUT2D eigenvalue weighted by molar-refractivity contribution is 0.0949. The van der Waals surface area contributed by atoms with Crippen LogP contribution < -0.4 is 10.6 Å². The highest BCUT2D eigenvalue weighted by molar-refractivity contribution is 5.92. The maximum Gasteiger partial charge on any atom is 0.270 e. The molecule has 0 atom stereocenters. The number of aromatic nitrogens is 3. The topological polar surface area (TPSA) is 100 Å². The Balaban J connectivity index is 1.58. The summed E-state index contributed by atoms with van der Waals surface area (Å²) in [6.45, 7) is 0.473. The predicted octanol–water partition coefficient (Wildman–Crippen LogP) is 2.29. The van der Waals surface area contributed by atoms with Crippen LogP contribution >= 0.6 is 0 Å². The smallest absolute Gasteiger partial charge is 0.270 e. The fourth-order valence-corrected chi connectivity index (χ4v) is 2.16. The van der Waals surface area contributed by atoms with E-state index in [1.165, 1.54) is 6.20 Å². The van der Waals surface area contributed by atoms with Crippen LogP contribution in [-0.2, 0) is 6.42 Å². The molecule has 0 saturated carbocycles. The van der Waals surface area contributed by atoms with Crippen molar-refractivity contribution in [2.45, 2.75) is 6.42 Å². The molecule has 0 fully saturated rings. The molecule has 7 heteroatoms. The summed E-state index contributed by atoms with van der Waals surface area (Å²) in [7, 11) is 0. The van der Waals surface area contributed by atoms with Gasteiger partial charge in [-0.05, 0) is 42.5 Å². The van der Waals surface area contributed by atoms with Crippen LogP contribution in [0.3, 0.4) is 0 Å². The minimum atomic E-state index is -0.271. The van der Waals surface area contributed by atoms with E-state index in [2.05, 4.69) is 25.6 Å². The average Bonchev–Trinajstić information content (AvgIpc) is 2.65. The highest BCUT2D eigenvalue weighted by Gasteiger charge is 2.08. The Kier molecular flexibility index (Phi) is 5.16. The van der Waals surface area contributed by atoms with Gasteiger partial charge in [-0.25, -0.2) is 9.97 Å². The van der Waals surface area contributed by atoms with Crippen LogP contribution in [0, 0.1) is 0 Å². The van der Waals surface area contributed by atoms with Crippen LogP contribution in [0.4, 0.5) is 11.6 Å². The zero-order valence-corrected chi connectivity index (χ0v) is 13.4. The molecule has 25 heavy (non-hydrogen) atoms. The SMILES string of the molecule is O=C(NCCc1ccccn1)c1ccnc(Nc2ccc(O)cc2)n1. The van der Waals surface area contributed by atoms with E-state index in [4.69, 9.17) is 0 Å². The molecular weight excluding hydrogens is 318 g/mol. The predicted molar refractivity (Wildman–Crippen MR) is 93.7 cm³/mol. The number of nitrogens with one attached hydrogen (secondary N) is 2. The maximum absolute atomic E-state index is 12.2. The van der Waals surface area contributed by atoms with Gasteiger partial charge in [0, 0.05) is 36.7 Å². The van der Waals surface area contributed by atoms with Gasteiger partial charge in [-0.2, -0.15) is 0 Å². The first kappa shape index (κ1) is 16.4. The van der Waals surface area contributed by atoms with Crippen molar-refractivity contribution in [1.82, 2.24) is 20.3 Å². The van der Waals surface area contributed by atoms with Gasteiger partial charge >= 0.3 is 0 Å². The van der Waals surface area contributed by atoms with Crippen molar-refractivity contribution < 1.29 is 9.90 Å². The van der Waals surface area contributed by atoms with E-state index in [0.29, 0.717) is 24.6 Å². The fraction of sp³-hybridized carbons (Fsp3) is 0.111. The van der Waals surface area contributed by atoms with Gasteiger partial charge < -0.3 is 15.7 Å². The summed E-state index contributed by atoms with van der Waals surface area (Å²) in [6.07, 6.45) is 3.89. The number of carbonyl (C=O) groups is 1. The zero-order valence-electron chi connectivity index (χ0n) is 13.4. The van der Waals surface area contributed by atoms with Gasteiger partial charge in [0.25, 0.3) is 5.91 Å². The number of aromatic hydroxyl groups is 1. The first-order valence-electron chi connectivity index (χ1n) is 7.78. The summed E-state index contributed by atoms with van der Waals surface area (Å²) in [5, 5.41) is 15.1. The molecule has 1 amide bonds. The van der Waals surface area contributed by atoms with Gasteiger partial charge in [-0.15, -0.1) is 0 Å². The van der Waals surface area contributed by atoms with Crippen molar-refractivity contribution in [2.24, 2.45) is 0 Å². The van der Waals surface area contributed by atoms with Gasteiger partial charge in [0.2, 0.25) is 5.95 Å². The van der Waals surface area contributed by atoms with Crippen LogP contribution in [0.1, 0.15) is 16.2 Å². The largest absolute Gasteiger partial charge is 0.508 e. The number of hydrogen-bond acceptors (Lipinski definition) is 6. The van der Waals surface area contributed by atoms with Crippen molar-refractivity contribution in [1.29, 1.82) is 0 Å². The van der Waals surface area contributed by atoms with Crippen molar-refractivity contribution >= 4 is 17.5 Å². The summed E-state index contributed by atoms with van der Waals surface area (Å²) in [5.74, 6) is 0.211. The number of amides is 1. The number of anilines is 2. The summed E-state index contributed by atoms with van der Waals surface area (Å²) in [6, 6.07) is 13.7. The molecule has 0 spiro atoms. The molecule has 1 aromatic carbocycles. The average molecular weight is 335 g/mol. The fourth-order valence-electron chi connectivity index (χ4n) is 2.16. The number of pyridine rings is 1. The number of phenols is 1. The number of benzene rings is 1. The van der Waals surface area contributed by atoms with E-state index in [1.54, 1.807) is 36.5 Å². The Labute approximate surface area is 144 Å². The minimum absolute atomic E-state index is 0.174. The van der Waals surface area contributed by atoms with E-state index >= 15 is 0 Å². The van der Waals surface area contributed by atoms with E-state index in [1.807, 2.05) is 18.2 Å². The third kappa shape index (κ3) is 4.74. The van der Waals surface area contributed by atoms with Crippen molar-refractivity contribution in [3.63, 3.8) is 0 Å². The summed E-state index contributed by atoms with van der Waals surface area (Å²) < 4.78 is 0. The molecule has 0 radical (unpaired) electrons. The molecule has 2 aromatic heterocycles. The number of nitrogens with zero attached hydrogens (tertiary/aromatic N) is 3. The lowest BCUT2D eigenvalue weighted by atomic mass is 10.2. The normalized spacial score (nSPS) is 10.2. The van der Waals surface area contributed by atoms with Gasteiger partial charge in [0.15, 0.2) is 0 Å². The van der Waals surface area contributed by atoms with Crippen molar-refractivity contribution in [3.05, 3.63) is 72.3 Å². The van der Waals surface area contributed by atoms with Crippen LogP contribution in [0.2, 0.25) is 0 Å². The molecule has 0 bridgehead atoms. The van der Waals surface area contributed by atoms with Crippen LogP contribution in [0.5, 0.6) is 5.75 Å². The van der Waals surface area contributed by atoms with Gasteiger partial charge in [-0.1, -0.05) is 6.07 Å². The standard InChI is InChI=1S/C18H17N5O2/c24-15-6-4-14(5-7-15)22-18-21-12-9-16(23-18)17(25)20-11-8-13-3-1-2-10-19-13/h1-7,9-10,12,24H,8,11H2,(H,20,25)(H,21,22,23). The molecule has 0 unspecified atom stereocenters. The van der Waals surface area contributed by atoms with Crippen LogP contribution in [0.25, 0.3) is 0 Å². The second kappa shape index (κ2) is 7.87. The maximum atomic E-state index is 12.2. The lowest BCUT2D eigenvalue weighted by Gasteiger charge is -2.07. The second-order valence-corrected chi connectivity index (χ2v) is 5.26. The molecular formula is C18H17N5O2. The van der Waals surface area contributed by atoms with Crippen LogP contribution in [-0.4, -0.2) is 32.5 Å². The zero-order chi connectivity index (χ0) is 17.5. The van der Waals surface area contributed by atoms with Crippen molar-refractivity contribution in [3.8, 4) is 5.75 Å². The Bertz CT molecular complexity index is 838. The molecule has 3 aromatic rings. The van der Waals surface area contributed by atoms with Gasteiger partial charge in [0.05, 0.1) is 0 Å². The lowest BCUT2D eigenvalue weighted by Crippen LogP contribution is -2.27. The minimum Gasteiger partial charge on any atom is -0.508 e. The Morgan fingerprint density at radius 3 is 2.60 bits per heavy atom. The molecule has 2 heterocycles. The second-order valence-electron chi connectivity index (χ2n) is 5.26. The highest BCUT2D eigenvalue weighted by Crippen LogP contribution is 2.16.